The fraction of sp³-hybridized carbons (Fsp3) is 0.600. The maximum atomic E-state index is 13.2. The number of fused-ring (bicyclic) bond motifs is 1. The van der Waals surface area contributed by atoms with Crippen molar-refractivity contribution in [3.05, 3.63) is 28.4 Å². The average molecular weight is 352 g/mol. The number of nitrogens with one attached hydrogen (secondary N) is 1. The molecule has 2 aromatic heterocycles. The molecule has 0 spiro atoms. The van der Waals surface area contributed by atoms with E-state index >= 15 is 0 Å². The Hall–Kier alpha value is -1.71. The Bertz CT molecular complexity index is 851. The molecule has 0 saturated carbocycles. The number of rotatable bonds is 3. The van der Waals surface area contributed by atoms with E-state index in [0.29, 0.717) is 31.2 Å². The van der Waals surface area contributed by atoms with Gasteiger partial charge < -0.3 is 9.26 Å². The van der Waals surface area contributed by atoms with Crippen LogP contribution in [0, 0.1) is 13.8 Å². The van der Waals surface area contributed by atoms with Gasteiger partial charge in [-0.1, -0.05) is 5.16 Å². The lowest BCUT2D eigenvalue weighted by atomic mass is 10.0. The Kier molecular flexibility index (Phi) is 3.74. The van der Waals surface area contributed by atoms with Crippen LogP contribution in [0.25, 0.3) is 0 Å². The summed E-state index contributed by atoms with van der Waals surface area (Å²) < 4.78 is 38.5. The largest absolute Gasteiger partial charge is 0.376 e. The van der Waals surface area contributed by atoms with Gasteiger partial charge in [0.25, 0.3) is 0 Å². The standard InChI is InChI=1S/C15H20N4O4S/c1-9-15(10(2)23-18-9)24(20,21)19-6-3-4-13(19)14-11-8-22-7-5-12(11)16-17-14/h13H,3-8H2,1-2H3,(H,16,17). The lowest BCUT2D eigenvalue weighted by Crippen LogP contribution is -2.32. The Morgan fingerprint density at radius 1 is 1.33 bits per heavy atom. The fourth-order valence-electron chi connectivity index (χ4n) is 3.67. The summed E-state index contributed by atoms with van der Waals surface area (Å²) in [5, 5.41) is 11.3. The van der Waals surface area contributed by atoms with Crippen molar-refractivity contribution in [3.63, 3.8) is 0 Å². The van der Waals surface area contributed by atoms with Crippen LogP contribution < -0.4 is 0 Å². The molecule has 130 valence electrons. The molecule has 2 aliphatic rings. The van der Waals surface area contributed by atoms with Crippen LogP contribution in [0.3, 0.4) is 0 Å². The van der Waals surface area contributed by atoms with Gasteiger partial charge in [-0.3, -0.25) is 5.10 Å². The van der Waals surface area contributed by atoms with Crippen LogP contribution in [-0.4, -0.2) is 41.2 Å². The van der Waals surface area contributed by atoms with Crippen molar-refractivity contribution in [2.24, 2.45) is 0 Å². The lowest BCUT2D eigenvalue weighted by molar-refractivity contribution is 0.109. The number of ether oxygens (including phenoxy) is 1. The van der Waals surface area contributed by atoms with Crippen molar-refractivity contribution in [2.45, 2.75) is 50.7 Å². The summed E-state index contributed by atoms with van der Waals surface area (Å²) in [6, 6.07) is -0.273. The van der Waals surface area contributed by atoms with Gasteiger partial charge in [-0.15, -0.1) is 0 Å². The van der Waals surface area contributed by atoms with Crippen molar-refractivity contribution in [1.29, 1.82) is 0 Å². The quantitative estimate of drug-likeness (QED) is 0.900. The molecule has 2 aromatic rings. The molecule has 4 rings (SSSR count). The number of aromatic nitrogens is 3. The van der Waals surface area contributed by atoms with Gasteiger partial charge in [-0.05, 0) is 26.7 Å². The van der Waals surface area contributed by atoms with E-state index in [1.165, 1.54) is 4.31 Å². The van der Waals surface area contributed by atoms with E-state index in [0.717, 1.165) is 36.2 Å². The van der Waals surface area contributed by atoms with Crippen molar-refractivity contribution in [1.82, 2.24) is 19.7 Å². The van der Waals surface area contributed by atoms with Gasteiger partial charge in [-0.25, -0.2) is 8.42 Å². The Labute approximate surface area is 140 Å². The number of nitrogens with zero attached hydrogens (tertiary/aromatic N) is 3. The molecule has 0 amide bonds. The van der Waals surface area contributed by atoms with Crippen LogP contribution in [0.4, 0.5) is 0 Å². The molecule has 1 N–H and O–H groups in total. The molecule has 8 nitrogen and oxygen atoms in total. The van der Waals surface area contributed by atoms with Gasteiger partial charge in [0.2, 0.25) is 10.0 Å². The van der Waals surface area contributed by atoms with Gasteiger partial charge >= 0.3 is 0 Å². The SMILES string of the molecule is Cc1noc(C)c1S(=O)(=O)N1CCCC1c1n[nH]c2c1COCC2. The summed E-state index contributed by atoms with van der Waals surface area (Å²) in [5.41, 5.74) is 3.24. The number of aromatic amines is 1. The molecule has 1 atom stereocenters. The van der Waals surface area contributed by atoms with Crippen LogP contribution in [-0.2, 0) is 27.8 Å². The van der Waals surface area contributed by atoms with Crippen molar-refractivity contribution < 1.29 is 17.7 Å². The predicted octanol–water partition coefficient (Wildman–Crippen LogP) is 1.61. The monoisotopic (exact) mass is 352 g/mol. The van der Waals surface area contributed by atoms with E-state index in [9.17, 15) is 8.42 Å². The molecular weight excluding hydrogens is 332 g/mol. The molecule has 0 aliphatic carbocycles. The highest BCUT2D eigenvalue weighted by atomic mass is 32.2. The van der Waals surface area contributed by atoms with Gasteiger partial charge in [0.05, 0.1) is 24.9 Å². The summed E-state index contributed by atoms with van der Waals surface area (Å²) in [6.07, 6.45) is 2.33. The minimum atomic E-state index is -3.68. The van der Waals surface area contributed by atoms with E-state index in [-0.39, 0.29) is 10.9 Å². The predicted molar refractivity (Wildman–Crippen MR) is 83.8 cm³/mol. The number of sulfonamides is 1. The van der Waals surface area contributed by atoms with E-state index in [1.807, 2.05) is 0 Å². The Morgan fingerprint density at radius 2 is 2.17 bits per heavy atom. The Morgan fingerprint density at radius 3 is 2.92 bits per heavy atom. The lowest BCUT2D eigenvalue weighted by Gasteiger charge is -2.24. The third kappa shape index (κ3) is 2.30. The van der Waals surface area contributed by atoms with E-state index in [2.05, 4.69) is 15.4 Å². The molecule has 9 heteroatoms. The molecule has 0 radical (unpaired) electrons. The Balaban J connectivity index is 1.75. The number of aryl methyl sites for hydroxylation is 2. The van der Waals surface area contributed by atoms with Crippen LogP contribution in [0.2, 0.25) is 0 Å². The molecule has 1 saturated heterocycles. The zero-order valence-corrected chi connectivity index (χ0v) is 14.5. The minimum absolute atomic E-state index is 0.176. The second-order valence-corrected chi connectivity index (χ2v) is 8.12. The number of H-pyrrole nitrogens is 1. The first kappa shape index (κ1) is 15.8. The molecule has 24 heavy (non-hydrogen) atoms. The van der Waals surface area contributed by atoms with Gasteiger partial charge in [0.15, 0.2) is 5.76 Å². The second kappa shape index (κ2) is 5.68. The highest BCUT2D eigenvalue weighted by molar-refractivity contribution is 7.89. The van der Waals surface area contributed by atoms with Crippen LogP contribution in [0.15, 0.2) is 9.42 Å². The zero-order valence-electron chi connectivity index (χ0n) is 13.7. The normalized spacial score (nSPS) is 22.0. The maximum Gasteiger partial charge on any atom is 0.249 e. The number of hydrogen-bond donors (Lipinski definition) is 1. The maximum absolute atomic E-state index is 13.2. The van der Waals surface area contributed by atoms with E-state index in [1.54, 1.807) is 13.8 Å². The molecule has 1 unspecified atom stereocenters. The zero-order chi connectivity index (χ0) is 16.9. The molecule has 0 aromatic carbocycles. The fourth-order valence-corrected chi connectivity index (χ4v) is 5.63. The van der Waals surface area contributed by atoms with Gasteiger partial charge in [0.1, 0.15) is 10.6 Å². The first-order chi connectivity index (χ1) is 11.5. The van der Waals surface area contributed by atoms with Gasteiger partial charge in [0, 0.05) is 24.2 Å². The number of hydrogen-bond acceptors (Lipinski definition) is 6. The van der Waals surface area contributed by atoms with Crippen LogP contribution >= 0.6 is 0 Å². The summed E-state index contributed by atoms with van der Waals surface area (Å²) in [5.74, 6) is 0.325. The minimum Gasteiger partial charge on any atom is -0.376 e. The average Bonchev–Trinajstić information content (AvgIpc) is 3.25. The molecule has 2 aliphatic heterocycles. The third-order valence-electron chi connectivity index (χ3n) is 4.78. The summed E-state index contributed by atoms with van der Waals surface area (Å²) in [7, 11) is -3.68. The third-order valence-corrected chi connectivity index (χ3v) is 6.93. The van der Waals surface area contributed by atoms with Crippen molar-refractivity contribution >= 4 is 10.0 Å². The molecular formula is C15H20N4O4S. The molecule has 4 heterocycles. The topological polar surface area (TPSA) is 101 Å². The smallest absolute Gasteiger partial charge is 0.249 e. The first-order valence-corrected chi connectivity index (χ1v) is 9.52. The second-order valence-electron chi connectivity index (χ2n) is 6.30. The van der Waals surface area contributed by atoms with Crippen LogP contribution in [0.1, 0.15) is 47.3 Å². The highest BCUT2D eigenvalue weighted by Crippen LogP contribution is 2.39. The summed E-state index contributed by atoms with van der Waals surface area (Å²) in [4.78, 5) is 0.176. The highest BCUT2D eigenvalue weighted by Gasteiger charge is 2.41. The first-order valence-electron chi connectivity index (χ1n) is 8.08. The molecule has 1 fully saturated rings. The molecule has 0 bridgehead atoms. The van der Waals surface area contributed by atoms with Crippen molar-refractivity contribution in [2.75, 3.05) is 13.2 Å². The van der Waals surface area contributed by atoms with E-state index in [4.69, 9.17) is 9.26 Å². The van der Waals surface area contributed by atoms with Crippen molar-refractivity contribution in [3.8, 4) is 0 Å². The van der Waals surface area contributed by atoms with E-state index < -0.39 is 10.0 Å². The van der Waals surface area contributed by atoms with Gasteiger partial charge in [-0.2, -0.15) is 9.40 Å². The summed E-state index contributed by atoms with van der Waals surface area (Å²) >= 11 is 0. The summed E-state index contributed by atoms with van der Waals surface area (Å²) in [6.45, 7) is 4.90. The van der Waals surface area contributed by atoms with Crippen LogP contribution in [0.5, 0.6) is 0 Å².